The third-order valence-electron chi connectivity index (χ3n) is 2.68. The maximum Gasteiger partial charge on any atom is 0.271 e. The quantitative estimate of drug-likeness (QED) is 0.692. The summed E-state index contributed by atoms with van der Waals surface area (Å²) in [6, 6.07) is 3.79. The van der Waals surface area contributed by atoms with Crippen LogP contribution in [0.2, 0.25) is 0 Å². The van der Waals surface area contributed by atoms with Gasteiger partial charge in [0.2, 0.25) is 0 Å². The molecular weight excluding hydrogens is 206 g/mol. The van der Waals surface area contributed by atoms with Crippen LogP contribution in [0.1, 0.15) is 10.5 Å². The predicted octanol–water partition coefficient (Wildman–Crippen LogP) is -0.309. The largest absolute Gasteiger partial charge is 0.335 e. The van der Waals surface area contributed by atoms with Crippen LogP contribution in [0, 0.1) is 11.3 Å². The fourth-order valence-corrected chi connectivity index (χ4v) is 1.75. The molecule has 0 bridgehead atoms. The highest BCUT2D eigenvalue weighted by molar-refractivity contribution is 5.92. The molecule has 16 heavy (non-hydrogen) atoms. The van der Waals surface area contributed by atoms with Crippen LogP contribution in [0.3, 0.4) is 0 Å². The summed E-state index contributed by atoms with van der Waals surface area (Å²) in [6.45, 7) is 3.28. The standard InChI is InChI=1S/C10H13N5O/c11-2-4-14-5-7-15(8-6-14)10(16)9-1-3-12-13-9/h1,3H,4-8H2,(H,12,13). The van der Waals surface area contributed by atoms with E-state index >= 15 is 0 Å². The van der Waals surface area contributed by atoms with E-state index < -0.39 is 0 Å². The first-order valence-electron chi connectivity index (χ1n) is 5.19. The number of hydrogen-bond donors (Lipinski definition) is 1. The molecule has 0 aromatic carbocycles. The highest BCUT2D eigenvalue weighted by Crippen LogP contribution is 2.05. The number of nitrogens with zero attached hydrogens (tertiary/aromatic N) is 4. The second kappa shape index (κ2) is 4.77. The number of carbonyl (C=O) groups excluding carboxylic acids is 1. The van der Waals surface area contributed by atoms with Gasteiger partial charge in [-0.25, -0.2) is 0 Å². The molecule has 0 atom stereocenters. The van der Waals surface area contributed by atoms with Crippen LogP contribution in [0.4, 0.5) is 0 Å². The Morgan fingerprint density at radius 1 is 1.50 bits per heavy atom. The van der Waals surface area contributed by atoms with Crippen molar-refractivity contribution < 1.29 is 4.79 Å². The summed E-state index contributed by atoms with van der Waals surface area (Å²) in [7, 11) is 0. The molecule has 1 aliphatic rings. The van der Waals surface area contributed by atoms with Crippen LogP contribution in [-0.4, -0.2) is 58.6 Å². The zero-order valence-corrected chi connectivity index (χ0v) is 8.89. The lowest BCUT2D eigenvalue weighted by atomic mass is 10.3. The number of amides is 1. The molecule has 0 spiro atoms. The first kappa shape index (κ1) is 10.6. The van der Waals surface area contributed by atoms with Crippen LogP contribution in [0.5, 0.6) is 0 Å². The zero-order chi connectivity index (χ0) is 11.4. The van der Waals surface area contributed by atoms with Crippen LogP contribution in [0.15, 0.2) is 12.3 Å². The molecular formula is C10H13N5O. The summed E-state index contributed by atoms with van der Waals surface area (Å²) < 4.78 is 0. The van der Waals surface area contributed by atoms with Crippen LogP contribution < -0.4 is 0 Å². The summed E-state index contributed by atoms with van der Waals surface area (Å²) in [5.41, 5.74) is 0.522. The van der Waals surface area contributed by atoms with Crippen molar-refractivity contribution in [1.82, 2.24) is 20.0 Å². The number of H-pyrrole nitrogens is 1. The number of rotatable bonds is 2. The summed E-state index contributed by atoms with van der Waals surface area (Å²) in [5.74, 6) is -0.0193. The smallest absolute Gasteiger partial charge is 0.271 e. The number of nitriles is 1. The lowest BCUT2D eigenvalue weighted by Gasteiger charge is -2.33. The topological polar surface area (TPSA) is 76.0 Å². The molecule has 1 amide bonds. The number of carbonyl (C=O) groups is 1. The Bertz CT molecular complexity index is 386. The Hall–Kier alpha value is -1.87. The molecule has 0 aliphatic carbocycles. The normalized spacial score (nSPS) is 17.1. The van der Waals surface area contributed by atoms with Gasteiger partial charge in [0.25, 0.3) is 5.91 Å². The minimum Gasteiger partial charge on any atom is -0.335 e. The molecule has 1 aromatic rings. The summed E-state index contributed by atoms with van der Waals surface area (Å²) in [4.78, 5) is 15.7. The molecule has 1 aromatic heterocycles. The van der Waals surface area contributed by atoms with E-state index in [0.717, 1.165) is 13.1 Å². The maximum atomic E-state index is 11.9. The van der Waals surface area contributed by atoms with Crippen molar-refractivity contribution in [3.05, 3.63) is 18.0 Å². The summed E-state index contributed by atoms with van der Waals surface area (Å²) >= 11 is 0. The Kier molecular flexibility index (Phi) is 3.17. The highest BCUT2D eigenvalue weighted by atomic mass is 16.2. The fourth-order valence-electron chi connectivity index (χ4n) is 1.75. The molecule has 2 heterocycles. The third-order valence-corrected chi connectivity index (χ3v) is 2.68. The van der Waals surface area contributed by atoms with Crippen LogP contribution in [0.25, 0.3) is 0 Å². The molecule has 0 unspecified atom stereocenters. The van der Waals surface area contributed by atoms with Gasteiger partial charge in [0, 0.05) is 32.4 Å². The van der Waals surface area contributed by atoms with Crippen molar-refractivity contribution in [1.29, 1.82) is 5.26 Å². The lowest BCUT2D eigenvalue weighted by Crippen LogP contribution is -2.48. The minimum atomic E-state index is -0.0193. The molecule has 0 radical (unpaired) electrons. The number of aromatic amines is 1. The SMILES string of the molecule is N#CCN1CCN(C(=O)c2ccn[nH]2)CC1. The van der Waals surface area contributed by atoms with E-state index in [4.69, 9.17) is 5.26 Å². The van der Waals surface area contributed by atoms with Crippen molar-refractivity contribution in [2.24, 2.45) is 0 Å². The van der Waals surface area contributed by atoms with Crippen LogP contribution in [-0.2, 0) is 0 Å². The van der Waals surface area contributed by atoms with E-state index in [1.54, 1.807) is 17.2 Å². The fraction of sp³-hybridized carbons (Fsp3) is 0.500. The van der Waals surface area contributed by atoms with Gasteiger partial charge in [-0.05, 0) is 6.07 Å². The summed E-state index contributed by atoms with van der Waals surface area (Å²) in [6.07, 6.45) is 1.57. The van der Waals surface area contributed by atoms with Gasteiger partial charge < -0.3 is 4.90 Å². The van der Waals surface area contributed by atoms with E-state index in [1.807, 2.05) is 4.90 Å². The second-order valence-electron chi connectivity index (χ2n) is 3.70. The second-order valence-corrected chi connectivity index (χ2v) is 3.70. The average molecular weight is 219 g/mol. The number of aromatic nitrogens is 2. The van der Waals surface area contributed by atoms with Crippen molar-refractivity contribution in [2.45, 2.75) is 0 Å². The van der Waals surface area contributed by atoms with Gasteiger partial charge in [-0.2, -0.15) is 10.4 Å². The van der Waals surface area contributed by atoms with Gasteiger partial charge in [-0.3, -0.25) is 14.8 Å². The van der Waals surface area contributed by atoms with Crippen molar-refractivity contribution in [2.75, 3.05) is 32.7 Å². The van der Waals surface area contributed by atoms with E-state index in [9.17, 15) is 4.79 Å². The number of nitrogens with one attached hydrogen (secondary N) is 1. The molecule has 2 rings (SSSR count). The molecule has 1 saturated heterocycles. The molecule has 84 valence electrons. The van der Waals surface area contributed by atoms with Gasteiger partial charge in [-0.1, -0.05) is 0 Å². The van der Waals surface area contributed by atoms with Gasteiger partial charge in [0.05, 0.1) is 12.6 Å². The molecule has 0 saturated carbocycles. The van der Waals surface area contributed by atoms with E-state index in [0.29, 0.717) is 25.3 Å². The van der Waals surface area contributed by atoms with E-state index in [-0.39, 0.29) is 5.91 Å². The highest BCUT2D eigenvalue weighted by Gasteiger charge is 2.22. The van der Waals surface area contributed by atoms with Gasteiger partial charge in [-0.15, -0.1) is 0 Å². The summed E-state index contributed by atoms with van der Waals surface area (Å²) in [5, 5.41) is 15.0. The molecule has 6 nitrogen and oxygen atoms in total. The van der Waals surface area contributed by atoms with Crippen molar-refractivity contribution in [3.63, 3.8) is 0 Å². The monoisotopic (exact) mass is 219 g/mol. The average Bonchev–Trinajstić information content (AvgIpc) is 2.83. The molecule has 1 fully saturated rings. The Labute approximate surface area is 93.5 Å². The molecule has 1 N–H and O–H groups in total. The van der Waals surface area contributed by atoms with Crippen molar-refractivity contribution in [3.8, 4) is 6.07 Å². The van der Waals surface area contributed by atoms with Crippen molar-refractivity contribution >= 4 is 5.91 Å². The predicted molar refractivity (Wildman–Crippen MR) is 56.5 cm³/mol. The number of hydrogen-bond acceptors (Lipinski definition) is 4. The third kappa shape index (κ3) is 2.20. The number of piperazine rings is 1. The first-order valence-corrected chi connectivity index (χ1v) is 5.19. The molecule has 6 heteroatoms. The Morgan fingerprint density at radius 3 is 2.81 bits per heavy atom. The Balaban J connectivity index is 1.90. The zero-order valence-electron chi connectivity index (χ0n) is 8.89. The first-order chi connectivity index (χ1) is 7.81. The van der Waals surface area contributed by atoms with Gasteiger partial charge in [0.15, 0.2) is 0 Å². The van der Waals surface area contributed by atoms with Gasteiger partial charge >= 0.3 is 0 Å². The Morgan fingerprint density at radius 2 is 2.25 bits per heavy atom. The van der Waals surface area contributed by atoms with E-state index in [1.165, 1.54) is 0 Å². The lowest BCUT2D eigenvalue weighted by molar-refractivity contribution is 0.0646. The minimum absolute atomic E-state index is 0.0193. The molecule has 1 aliphatic heterocycles. The van der Waals surface area contributed by atoms with Crippen LogP contribution >= 0.6 is 0 Å². The maximum absolute atomic E-state index is 11.9. The van der Waals surface area contributed by atoms with Gasteiger partial charge in [0.1, 0.15) is 5.69 Å². The van der Waals surface area contributed by atoms with E-state index in [2.05, 4.69) is 16.3 Å².